The fraction of sp³-hybridized carbons (Fsp3) is 0.440. The van der Waals surface area contributed by atoms with Gasteiger partial charge in [-0.25, -0.2) is 0 Å². The average Bonchev–Trinajstić information content (AvgIpc) is 2.73. The van der Waals surface area contributed by atoms with Crippen LogP contribution in [0.15, 0.2) is 72.8 Å². The molecule has 2 aromatic carbocycles. The van der Waals surface area contributed by atoms with Gasteiger partial charge in [0.15, 0.2) is 0 Å². The maximum atomic E-state index is 6.41. The lowest BCUT2D eigenvalue weighted by Crippen LogP contribution is -2.51. The molecule has 1 fully saturated rings. The highest BCUT2D eigenvalue weighted by molar-refractivity contribution is 5.14. The number of hydrogen-bond acceptors (Lipinski definition) is 3. The van der Waals surface area contributed by atoms with Crippen molar-refractivity contribution in [2.75, 3.05) is 6.61 Å². The minimum atomic E-state index is -0.0507. The minimum Gasteiger partial charge on any atom is -0.374 e. The Balaban J connectivity index is 1.58. The smallest absolute Gasteiger partial charge is 0.102 e. The van der Waals surface area contributed by atoms with E-state index in [0.29, 0.717) is 31.7 Å². The lowest BCUT2D eigenvalue weighted by Gasteiger charge is -2.43. The summed E-state index contributed by atoms with van der Waals surface area (Å²) in [6.07, 6.45) is 4.22. The van der Waals surface area contributed by atoms with Gasteiger partial charge in [-0.3, -0.25) is 0 Å². The molecule has 3 nitrogen and oxygen atoms in total. The molecule has 1 heterocycles. The van der Waals surface area contributed by atoms with Gasteiger partial charge in [-0.05, 0) is 29.9 Å². The predicted molar refractivity (Wildman–Crippen MR) is 113 cm³/mol. The van der Waals surface area contributed by atoms with Crippen LogP contribution in [-0.4, -0.2) is 24.9 Å². The van der Waals surface area contributed by atoms with Gasteiger partial charge in [0.25, 0.3) is 0 Å². The van der Waals surface area contributed by atoms with Crippen LogP contribution in [0, 0.1) is 11.8 Å². The molecule has 0 spiro atoms. The predicted octanol–water partition coefficient (Wildman–Crippen LogP) is 5.40. The van der Waals surface area contributed by atoms with Crippen molar-refractivity contribution in [3.63, 3.8) is 0 Å². The quantitative estimate of drug-likeness (QED) is 0.574. The van der Waals surface area contributed by atoms with Gasteiger partial charge in [-0.1, -0.05) is 86.7 Å². The van der Waals surface area contributed by atoms with Crippen LogP contribution in [0.2, 0.25) is 0 Å². The summed E-state index contributed by atoms with van der Waals surface area (Å²) >= 11 is 0. The topological polar surface area (TPSA) is 27.7 Å². The second kappa shape index (κ2) is 10.6. The van der Waals surface area contributed by atoms with Crippen LogP contribution in [0.25, 0.3) is 0 Å². The van der Waals surface area contributed by atoms with Crippen LogP contribution < -0.4 is 0 Å². The van der Waals surface area contributed by atoms with E-state index in [1.165, 1.54) is 11.1 Å². The highest BCUT2D eigenvalue weighted by atomic mass is 16.6. The molecule has 5 atom stereocenters. The molecule has 0 radical (unpaired) electrons. The third-order valence-corrected chi connectivity index (χ3v) is 5.65. The number of rotatable bonds is 8. The van der Waals surface area contributed by atoms with Gasteiger partial charge in [0.2, 0.25) is 0 Å². The van der Waals surface area contributed by atoms with Crippen LogP contribution >= 0.6 is 0 Å². The van der Waals surface area contributed by atoms with E-state index in [1.807, 2.05) is 49.4 Å². The van der Waals surface area contributed by atoms with E-state index >= 15 is 0 Å². The first kappa shape index (κ1) is 20.8. The molecule has 2 aromatic rings. The van der Waals surface area contributed by atoms with E-state index in [-0.39, 0.29) is 18.3 Å². The van der Waals surface area contributed by atoms with Crippen molar-refractivity contribution in [1.82, 2.24) is 0 Å². The first-order valence-electron chi connectivity index (χ1n) is 10.2. The summed E-state index contributed by atoms with van der Waals surface area (Å²) in [6.45, 7) is 8.36. The molecular weight excluding hydrogens is 348 g/mol. The zero-order chi connectivity index (χ0) is 19.8. The van der Waals surface area contributed by atoms with Crippen molar-refractivity contribution < 1.29 is 14.2 Å². The Labute approximate surface area is 169 Å². The van der Waals surface area contributed by atoms with Crippen molar-refractivity contribution in [3.8, 4) is 0 Å². The highest BCUT2D eigenvalue weighted by Gasteiger charge is 2.41. The average molecular weight is 381 g/mol. The molecule has 28 heavy (non-hydrogen) atoms. The summed E-state index contributed by atoms with van der Waals surface area (Å²) in [5.74, 6) is 0.738. The van der Waals surface area contributed by atoms with Crippen LogP contribution in [0.1, 0.15) is 31.9 Å². The van der Waals surface area contributed by atoms with Crippen LogP contribution in [0.4, 0.5) is 0 Å². The van der Waals surface area contributed by atoms with Crippen molar-refractivity contribution in [1.29, 1.82) is 0 Å². The molecule has 0 bridgehead atoms. The van der Waals surface area contributed by atoms with Gasteiger partial charge in [0.1, 0.15) is 6.10 Å². The zero-order valence-electron chi connectivity index (χ0n) is 17.2. The van der Waals surface area contributed by atoms with E-state index in [9.17, 15) is 0 Å². The lowest BCUT2D eigenvalue weighted by molar-refractivity contribution is -0.188. The normalized spacial score (nSPS) is 27.9. The highest BCUT2D eigenvalue weighted by Crippen LogP contribution is 2.34. The van der Waals surface area contributed by atoms with Crippen molar-refractivity contribution in [2.45, 2.75) is 52.3 Å². The van der Waals surface area contributed by atoms with E-state index in [2.05, 4.69) is 44.2 Å². The summed E-state index contributed by atoms with van der Waals surface area (Å²) in [5.41, 5.74) is 2.38. The Kier molecular flexibility index (Phi) is 7.84. The number of benzene rings is 2. The van der Waals surface area contributed by atoms with E-state index in [4.69, 9.17) is 14.2 Å². The second-order valence-corrected chi connectivity index (χ2v) is 7.65. The van der Waals surface area contributed by atoms with Gasteiger partial charge >= 0.3 is 0 Å². The Hall–Kier alpha value is -1.94. The molecule has 0 amide bonds. The van der Waals surface area contributed by atoms with Gasteiger partial charge in [-0.2, -0.15) is 0 Å². The molecule has 0 saturated carbocycles. The SMILES string of the molecule is C/C=C/[C@H]1OC(COCc2ccccc2)[C@@H](C)[C@H](C)C1OCc1ccccc1. The van der Waals surface area contributed by atoms with E-state index in [1.54, 1.807) is 0 Å². The Morgan fingerprint density at radius 2 is 1.46 bits per heavy atom. The van der Waals surface area contributed by atoms with E-state index in [0.717, 1.165) is 0 Å². The van der Waals surface area contributed by atoms with Gasteiger partial charge in [0, 0.05) is 0 Å². The molecule has 3 heteroatoms. The number of hydrogen-bond donors (Lipinski definition) is 0. The first-order valence-corrected chi connectivity index (χ1v) is 10.2. The molecule has 150 valence electrons. The summed E-state index contributed by atoms with van der Waals surface area (Å²) in [6, 6.07) is 20.6. The van der Waals surface area contributed by atoms with Crippen molar-refractivity contribution in [2.24, 2.45) is 11.8 Å². The Morgan fingerprint density at radius 1 is 0.857 bits per heavy atom. The first-order chi connectivity index (χ1) is 13.7. The maximum absolute atomic E-state index is 6.41. The van der Waals surface area contributed by atoms with Crippen LogP contribution in [0.3, 0.4) is 0 Å². The molecular formula is C25H32O3. The van der Waals surface area contributed by atoms with Gasteiger partial charge < -0.3 is 14.2 Å². The molecule has 1 aliphatic rings. The third-order valence-electron chi connectivity index (χ3n) is 5.65. The molecule has 0 N–H and O–H groups in total. The van der Waals surface area contributed by atoms with Crippen molar-refractivity contribution >= 4 is 0 Å². The molecule has 1 saturated heterocycles. The minimum absolute atomic E-state index is 0.0387. The summed E-state index contributed by atoms with van der Waals surface area (Å²) in [5, 5.41) is 0. The maximum Gasteiger partial charge on any atom is 0.102 e. The summed E-state index contributed by atoms with van der Waals surface area (Å²) in [7, 11) is 0. The molecule has 0 aromatic heterocycles. The largest absolute Gasteiger partial charge is 0.374 e. The fourth-order valence-corrected chi connectivity index (χ4v) is 3.76. The monoisotopic (exact) mass is 380 g/mol. The molecule has 2 unspecified atom stereocenters. The zero-order valence-corrected chi connectivity index (χ0v) is 17.2. The molecule has 0 aliphatic carbocycles. The molecule has 1 aliphatic heterocycles. The van der Waals surface area contributed by atoms with Gasteiger partial charge in [-0.15, -0.1) is 0 Å². The van der Waals surface area contributed by atoms with Gasteiger partial charge in [0.05, 0.1) is 32.0 Å². The standard InChI is InChI=1S/C25H32O3/c1-4-11-23-25(27-17-22-14-9-6-10-15-22)20(3)19(2)24(28-23)18-26-16-21-12-7-5-8-13-21/h4-15,19-20,23-25H,16-18H2,1-3H3/b11-4+/t19-,20-,23+,24?,25?/m0/s1. The Morgan fingerprint density at radius 3 is 2.07 bits per heavy atom. The third kappa shape index (κ3) is 5.54. The number of allylic oxidation sites excluding steroid dienone is 1. The van der Waals surface area contributed by atoms with Crippen molar-refractivity contribution in [3.05, 3.63) is 83.9 Å². The summed E-state index contributed by atoms with van der Waals surface area (Å²) < 4.78 is 18.7. The van der Waals surface area contributed by atoms with E-state index < -0.39 is 0 Å². The summed E-state index contributed by atoms with van der Waals surface area (Å²) in [4.78, 5) is 0. The molecule has 3 rings (SSSR count). The number of ether oxygens (including phenoxy) is 3. The Bertz CT molecular complexity index is 711. The second-order valence-electron chi connectivity index (χ2n) is 7.65. The fourth-order valence-electron chi connectivity index (χ4n) is 3.76. The lowest BCUT2D eigenvalue weighted by atomic mass is 9.81. The van der Waals surface area contributed by atoms with Crippen LogP contribution in [-0.2, 0) is 27.4 Å². The van der Waals surface area contributed by atoms with Crippen LogP contribution in [0.5, 0.6) is 0 Å².